The van der Waals surface area contributed by atoms with Gasteiger partial charge >= 0.3 is 0 Å². The molecule has 2 N–H and O–H groups in total. The molecule has 82 valence electrons. The van der Waals surface area contributed by atoms with Gasteiger partial charge < -0.3 is 5.73 Å². The first-order valence-corrected chi connectivity index (χ1v) is 5.76. The highest BCUT2D eigenvalue weighted by Gasteiger charge is 2.20. The third-order valence-electron chi connectivity index (χ3n) is 3.23. The third-order valence-corrected chi connectivity index (χ3v) is 3.23. The Morgan fingerprint density at radius 1 is 1.33 bits per heavy atom. The number of aryl methyl sites for hydroxylation is 1. The van der Waals surface area contributed by atoms with E-state index in [2.05, 4.69) is 36.1 Å². The van der Waals surface area contributed by atoms with Crippen molar-refractivity contribution in [1.29, 1.82) is 0 Å². The van der Waals surface area contributed by atoms with Gasteiger partial charge in [0.15, 0.2) is 0 Å². The number of nitrogens with two attached hydrogens (primary N) is 1. The molecule has 0 unspecified atom stereocenters. The van der Waals surface area contributed by atoms with E-state index in [0.717, 1.165) is 19.0 Å². The Kier molecular flexibility index (Phi) is 3.39. The number of hydrogen-bond donors (Lipinski definition) is 1. The fourth-order valence-electron chi connectivity index (χ4n) is 2.20. The molecule has 15 heavy (non-hydrogen) atoms. The lowest BCUT2D eigenvalue weighted by Gasteiger charge is -2.15. The number of benzene rings is 1. The molecular formula is C13H20N2. The summed E-state index contributed by atoms with van der Waals surface area (Å²) in [6, 6.07) is 8.83. The molecule has 1 aliphatic rings. The molecule has 0 spiro atoms. The van der Waals surface area contributed by atoms with Gasteiger partial charge in [-0.15, -0.1) is 0 Å². The summed E-state index contributed by atoms with van der Waals surface area (Å²) in [4.78, 5) is 2.50. The maximum atomic E-state index is 5.68. The summed E-state index contributed by atoms with van der Waals surface area (Å²) < 4.78 is 0. The lowest BCUT2D eigenvalue weighted by atomic mass is 10.1. The van der Waals surface area contributed by atoms with Crippen molar-refractivity contribution in [1.82, 2.24) is 4.90 Å². The number of likely N-dealkylation sites (tertiary alicyclic amines) is 1. The SMILES string of the molecule is Cc1ccc(CN2CC[C@@H](CN)C2)cc1. The molecule has 0 saturated carbocycles. The van der Waals surface area contributed by atoms with E-state index in [0.29, 0.717) is 0 Å². The number of hydrogen-bond acceptors (Lipinski definition) is 2. The Balaban J connectivity index is 1.90. The monoisotopic (exact) mass is 204 g/mol. The number of nitrogens with zero attached hydrogens (tertiary/aromatic N) is 1. The average molecular weight is 204 g/mol. The van der Waals surface area contributed by atoms with E-state index in [1.165, 1.54) is 30.6 Å². The van der Waals surface area contributed by atoms with Crippen LogP contribution in [0.5, 0.6) is 0 Å². The highest BCUT2D eigenvalue weighted by atomic mass is 15.1. The van der Waals surface area contributed by atoms with Gasteiger partial charge in [0.2, 0.25) is 0 Å². The van der Waals surface area contributed by atoms with Crippen molar-refractivity contribution in [2.45, 2.75) is 19.9 Å². The minimum Gasteiger partial charge on any atom is -0.330 e. The van der Waals surface area contributed by atoms with Crippen LogP contribution in [0.4, 0.5) is 0 Å². The van der Waals surface area contributed by atoms with E-state index < -0.39 is 0 Å². The van der Waals surface area contributed by atoms with Crippen LogP contribution < -0.4 is 5.73 Å². The highest BCUT2D eigenvalue weighted by Crippen LogP contribution is 2.17. The summed E-state index contributed by atoms with van der Waals surface area (Å²) in [5.41, 5.74) is 8.43. The Hall–Kier alpha value is -0.860. The first kappa shape index (κ1) is 10.7. The largest absolute Gasteiger partial charge is 0.330 e. The second-order valence-corrected chi connectivity index (χ2v) is 4.61. The van der Waals surface area contributed by atoms with Crippen LogP contribution in [-0.2, 0) is 6.54 Å². The predicted molar refractivity (Wildman–Crippen MR) is 63.6 cm³/mol. The Morgan fingerprint density at radius 3 is 2.67 bits per heavy atom. The van der Waals surface area contributed by atoms with Crippen LogP contribution >= 0.6 is 0 Å². The molecule has 1 aromatic carbocycles. The van der Waals surface area contributed by atoms with E-state index in [1.807, 2.05) is 0 Å². The van der Waals surface area contributed by atoms with E-state index in [4.69, 9.17) is 5.73 Å². The van der Waals surface area contributed by atoms with Crippen LogP contribution in [0, 0.1) is 12.8 Å². The quantitative estimate of drug-likeness (QED) is 0.813. The van der Waals surface area contributed by atoms with Crippen molar-refractivity contribution in [3.63, 3.8) is 0 Å². The summed E-state index contributed by atoms with van der Waals surface area (Å²) in [5.74, 6) is 0.718. The van der Waals surface area contributed by atoms with Crippen LogP contribution in [0.15, 0.2) is 24.3 Å². The van der Waals surface area contributed by atoms with Crippen LogP contribution in [0.3, 0.4) is 0 Å². The van der Waals surface area contributed by atoms with Gasteiger partial charge in [0, 0.05) is 13.1 Å². The molecule has 1 heterocycles. The van der Waals surface area contributed by atoms with Crippen LogP contribution in [0.2, 0.25) is 0 Å². The molecule has 1 atom stereocenters. The highest BCUT2D eigenvalue weighted by molar-refractivity contribution is 5.21. The second-order valence-electron chi connectivity index (χ2n) is 4.61. The van der Waals surface area contributed by atoms with Gasteiger partial charge in [0.05, 0.1) is 0 Å². The van der Waals surface area contributed by atoms with Gasteiger partial charge in [-0.1, -0.05) is 29.8 Å². The van der Waals surface area contributed by atoms with Gasteiger partial charge in [-0.3, -0.25) is 4.90 Å². The molecule has 1 saturated heterocycles. The zero-order valence-electron chi connectivity index (χ0n) is 9.45. The summed E-state index contributed by atoms with van der Waals surface area (Å²) in [6.45, 7) is 6.42. The standard InChI is InChI=1S/C13H20N2/c1-11-2-4-12(5-3-11)9-15-7-6-13(8-14)10-15/h2-5,13H,6-10,14H2,1H3/t13-/m0/s1. The lowest BCUT2D eigenvalue weighted by molar-refractivity contribution is 0.318. The predicted octanol–water partition coefficient (Wildman–Crippen LogP) is 1.78. The van der Waals surface area contributed by atoms with E-state index >= 15 is 0 Å². The fourth-order valence-corrected chi connectivity index (χ4v) is 2.20. The maximum Gasteiger partial charge on any atom is 0.0233 e. The fraction of sp³-hybridized carbons (Fsp3) is 0.538. The minimum atomic E-state index is 0.718. The number of rotatable bonds is 3. The molecule has 0 bridgehead atoms. The average Bonchev–Trinajstić information content (AvgIpc) is 2.69. The maximum absolute atomic E-state index is 5.68. The molecule has 2 heteroatoms. The summed E-state index contributed by atoms with van der Waals surface area (Å²) in [5, 5.41) is 0. The van der Waals surface area contributed by atoms with Gasteiger partial charge in [-0.2, -0.15) is 0 Å². The zero-order chi connectivity index (χ0) is 10.7. The molecule has 1 aromatic rings. The van der Waals surface area contributed by atoms with Crippen LogP contribution in [0.1, 0.15) is 17.5 Å². The van der Waals surface area contributed by atoms with E-state index in [1.54, 1.807) is 0 Å². The van der Waals surface area contributed by atoms with Gasteiger partial charge in [0.1, 0.15) is 0 Å². The molecular weight excluding hydrogens is 184 g/mol. The zero-order valence-corrected chi connectivity index (χ0v) is 9.45. The Labute approximate surface area is 92.1 Å². The first-order valence-electron chi connectivity index (χ1n) is 5.76. The second kappa shape index (κ2) is 4.77. The molecule has 1 fully saturated rings. The molecule has 0 amide bonds. The van der Waals surface area contributed by atoms with Crippen molar-refractivity contribution in [3.05, 3.63) is 35.4 Å². The van der Waals surface area contributed by atoms with Crippen LogP contribution in [-0.4, -0.2) is 24.5 Å². The van der Waals surface area contributed by atoms with Gasteiger partial charge in [-0.05, 0) is 37.9 Å². The van der Waals surface area contributed by atoms with Crippen molar-refractivity contribution >= 4 is 0 Å². The topological polar surface area (TPSA) is 29.3 Å². The minimum absolute atomic E-state index is 0.718. The Morgan fingerprint density at radius 2 is 2.07 bits per heavy atom. The molecule has 0 aliphatic carbocycles. The Bertz CT molecular complexity index is 305. The summed E-state index contributed by atoms with van der Waals surface area (Å²) in [7, 11) is 0. The van der Waals surface area contributed by atoms with Crippen molar-refractivity contribution in [2.75, 3.05) is 19.6 Å². The van der Waals surface area contributed by atoms with E-state index in [9.17, 15) is 0 Å². The molecule has 2 nitrogen and oxygen atoms in total. The smallest absolute Gasteiger partial charge is 0.0233 e. The van der Waals surface area contributed by atoms with Crippen LogP contribution in [0.25, 0.3) is 0 Å². The first-order chi connectivity index (χ1) is 7.28. The van der Waals surface area contributed by atoms with Gasteiger partial charge in [0.25, 0.3) is 0 Å². The third kappa shape index (κ3) is 2.80. The normalized spacial score (nSPS) is 22.1. The molecule has 0 radical (unpaired) electrons. The summed E-state index contributed by atoms with van der Waals surface area (Å²) >= 11 is 0. The molecule has 1 aliphatic heterocycles. The molecule has 2 rings (SSSR count). The summed E-state index contributed by atoms with van der Waals surface area (Å²) in [6.07, 6.45) is 1.27. The van der Waals surface area contributed by atoms with Crippen molar-refractivity contribution in [2.24, 2.45) is 11.7 Å². The van der Waals surface area contributed by atoms with Gasteiger partial charge in [-0.25, -0.2) is 0 Å². The molecule has 0 aromatic heterocycles. The lowest BCUT2D eigenvalue weighted by Crippen LogP contribution is -2.22. The van der Waals surface area contributed by atoms with E-state index in [-0.39, 0.29) is 0 Å². The van der Waals surface area contributed by atoms with Crippen molar-refractivity contribution < 1.29 is 0 Å². The van der Waals surface area contributed by atoms with Crippen molar-refractivity contribution in [3.8, 4) is 0 Å².